The summed E-state index contributed by atoms with van der Waals surface area (Å²) in [6, 6.07) is 7.86. The van der Waals surface area contributed by atoms with E-state index in [0.29, 0.717) is 17.1 Å². The third-order valence-corrected chi connectivity index (χ3v) is 7.86. The number of thioether (sulfide) groups is 1. The van der Waals surface area contributed by atoms with E-state index >= 15 is 0 Å². The molecule has 0 saturated carbocycles. The number of carbonyl (C=O) groups excluding carboxylic acids is 1. The average Bonchev–Trinajstić information content (AvgIpc) is 3.06. The average molecular weight is 426 g/mol. The Balaban J connectivity index is 1.50. The molecule has 6 heteroatoms. The Morgan fingerprint density at radius 1 is 1.24 bits per heavy atom. The Labute approximate surface area is 180 Å². The Kier molecular flexibility index (Phi) is 5.67. The van der Waals surface area contributed by atoms with Crippen LogP contribution in [0.4, 0.5) is 5.69 Å². The van der Waals surface area contributed by atoms with Gasteiger partial charge in [-0.3, -0.25) is 4.79 Å². The summed E-state index contributed by atoms with van der Waals surface area (Å²) in [5.74, 6) is 1.03. The fourth-order valence-electron chi connectivity index (χ4n) is 3.90. The minimum atomic E-state index is -0.0116. The van der Waals surface area contributed by atoms with Crippen LogP contribution in [-0.2, 0) is 17.6 Å². The van der Waals surface area contributed by atoms with Gasteiger partial charge in [0.15, 0.2) is 0 Å². The largest absolute Gasteiger partial charge is 0.325 e. The Bertz CT molecular complexity index is 1030. The van der Waals surface area contributed by atoms with Crippen LogP contribution in [-0.4, -0.2) is 21.6 Å². The first kappa shape index (κ1) is 20.4. The predicted molar refractivity (Wildman–Crippen MR) is 123 cm³/mol. The lowest BCUT2D eigenvalue weighted by molar-refractivity contribution is -0.113. The van der Waals surface area contributed by atoms with Gasteiger partial charge < -0.3 is 5.32 Å². The number of aromatic nitrogens is 2. The number of hydrogen-bond acceptors (Lipinski definition) is 5. The molecule has 1 aliphatic rings. The van der Waals surface area contributed by atoms with Crippen LogP contribution >= 0.6 is 23.1 Å². The zero-order chi connectivity index (χ0) is 20.6. The lowest BCUT2D eigenvalue weighted by Crippen LogP contribution is -2.26. The molecule has 0 radical (unpaired) electrons. The van der Waals surface area contributed by atoms with E-state index in [-0.39, 0.29) is 5.91 Å². The number of rotatable bonds is 4. The summed E-state index contributed by atoms with van der Waals surface area (Å²) in [6.45, 7) is 9.05. The van der Waals surface area contributed by atoms with E-state index in [4.69, 9.17) is 0 Å². The highest BCUT2D eigenvalue weighted by Crippen LogP contribution is 2.44. The van der Waals surface area contributed by atoms with Crippen LogP contribution in [0.25, 0.3) is 10.2 Å². The molecule has 1 amide bonds. The number of nitrogens with zero attached hydrogens (tertiary/aromatic N) is 2. The number of anilines is 1. The molecule has 2 heterocycles. The van der Waals surface area contributed by atoms with Gasteiger partial charge in [0.2, 0.25) is 5.91 Å². The van der Waals surface area contributed by atoms with Crippen molar-refractivity contribution in [2.45, 2.75) is 52.0 Å². The summed E-state index contributed by atoms with van der Waals surface area (Å²) >= 11 is 3.31. The van der Waals surface area contributed by atoms with Crippen LogP contribution < -0.4 is 5.32 Å². The number of fused-ring (bicyclic) bond motifs is 3. The summed E-state index contributed by atoms with van der Waals surface area (Å²) in [6.07, 6.45) is 5.03. The first-order valence-electron chi connectivity index (χ1n) is 10.1. The van der Waals surface area contributed by atoms with E-state index in [1.165, 1.54) is 39.6 Å². The number of benzene rings is 1. The number of amides is 1. The van der Waals surface area contributed by atoms with Gasteiger partial charge in [-0.15, -0.1) is 11.3 Å². The minimum Gasteiger partial charge on any atom is -0.325 e. The van der Waals surface area contributed by atoms with Crippen LogP contribution in [0, 0.1) is 18.3 Å². The lowest BCUT2D eigenvalue weighted by Gasteiger charge is -2.33. The molecule has 0 bridgehead atoms. The minimum absolute atomic E-state index is 0.0116. The molecule has 0 unspecified atom stereocenters. The molecule has 0 fully saturated rings. The number of hydrogen-bond donors (Lipinski definition) is 1. The molecule has 4 rings (SSSR count). The third kappa shape index (κ3) is 4.48. The normalized spacial score (nSPS) is 16.6. The van der Waals surface area contributed by atoms with Gasteiger partial charge in [-0.25, -0.2) is 9.97 Å². The highest BCUT2D eigenvalue weighted by molar-refractivity contribution is 8.00. The van der Waals surface area contributed by atoms with Crippen LogP contribution in [0.1, 0.15) is 43.2 Å². The number of thiophene rings is 1. The van der Waals surface area contributed by atoms with E-state index in [0.717, 1.165) is 28.4 Å². The zero-order valence-electron chi connectivity index (χ0n) is 17.4. The monoisotopic (exact) mass is 425 g/mol. The molecule has 2 aromatic heterocycles. The fourth-order valence-corrected chi connectivity index (χ4v) is 6.06. The Hall–Kier alpha value is -1.92. The summed E-state index contributed by atoms with van der Waals surface area (Å²) in [5, 5.41) is 5.07. The van der Waals surface area contributed by atoms with E-state index < -0.39 is 0 Å². The molecular weight excluding hydrogens is 398 g/mol. The summed E-state index contributed by atoms with van der Waals surface area (Å²) in [5.41, 5.74) is 3.74. The smallest absolute Gasteiger partial charge is 0.234 e. The Morgan fingerprint density at radius 2 is 2.00 bits per heavy atom. The molecule has 1 N–H and O–H groups in total. The van der Waals surface area contributed by atoms with Crippen molar-refractivity contribution in [3.05, 3.63) is 46.6 Å². The molecule has 0 saturated heterocycles. The summed E-state index contributed by atoms with van der Waals surface area (Å²) < 4.78 is 0. The van der Waals surface area contributed by atoms with Crippen molar-refractivity contribution in [2.75, 3.05) is 11.1 Å². The van der Waals surface area contributed by atoms with Gasteiger partial charge in [0, 0.05) is 16.0 Å². The van der Waals surface area contributed by atoms with Gasteiger partial charge in [0.1, 0.15) is 16.2 Å². The van der Waals surface area contributed by atoms with E-state index in [1.54, 1.807) is 17.7 Å². The maximum atomic E-state index is 12.4. The topological polar surface area (TPSA) is 54.9 Å². The highest BCUT2D eigenvalue weighted by atomic mass is 32.2. The SMILES string of the molecule is Cc1ccc(NC(=O)CSc2ncnc3sc4c(c23)CC[C@H](C(C)(C)C)C4)cc1. The lowest BCUT2D eigenvalue weighted by atomic mass is 9.72. The first-order valence-corrected chi connectivity index (χ1v) is 11.9. The molecule has 3 aromatic rings. The predicted octanol–water partition coefficient (Wildman–Crippen LogP) is 5.88. The highest BCUT2D eigenvalue weighted by Gasteiger charge is 2.31. The molecule has 1 aliphatic carbocycles. The molecular formula is C23H27N3OS2. The van der Waals surface area contributed by atoms with E-state index in [9.17, 15) is 4.79 Å². The van der Waals surface area contributed by atoms with Crippen molar-refractivity contribution < 1.29 is 4.79 Å². The molecule has 1 atom stereocenters. The third-order valence-electron chi connectivity index (χ3n) is 5.71. The maximum Gasteiger partial charge on any atom is 0.234 e. The molecule has 0 spiro atoms. The Morgan fingerprint density at radius 3 is 2.72 bits per heavy atom. The fraction of sp³-hybridized carbons (Fsp3) is 0.435. The second kappa shape index (κ2) is 8.07. The van der Waals surface area contributed by atoms with Crippen LogP contribution in [0.3, 0.4) is 0 Å². The van der Waals surface area contributed by atoms with Crippen molar-refractivity contribution in [1.82, 2.24) is 9.97 Å². The number of aryl methyl sites for hydroxylation is 2. The number of carbonyl (C=O) groups is 1. The maximum absolute atomic E-state index is 12.4. The van der Waals surface area contributed by atoms with Gasteiger partial charge in [-0.1, -0.05) is 50.2 Å². The zero-order valence-corrected chi connectivity index (χ0v) is 19.0. The van der Waals surface area contributed by atoms with Gasteiger partial charge in [0.25, 0.3) is 0 Å². The van der Waals surface area contributed by atoms with Crippen molar-refractivity contribution in [2.24, 2.45) is 11.3 Å². The van der Waals surface area contributed by atoms with Crippen LogP contribution in [0.5, 0.6) is 0 Å². The van der Waals surface area contributed by atoms with Gasteiger partial charge in [-0.2, -0.15) is 0 Å². The molecule has 152 valence electrons. The van der Waals surface area contributed by atoms with Gasteiger partial charge >= 0.3 is 0 Å². The van der Waals surface area contributed by atoms with Crippen molar-refractivity contribution >= 4 is 44.9 Å². The van der Waals surface area contributed by atoms with E-state index in [1.807, 2.05) is 31.2 Å². The second-order valence-electron chi connectivity index (χ2n) is 8.87. The molecule has 29 heavy (non-hydrogen) atoms. The van der Waals surface area contributed by atoms with Crippen molar-refractivity contribution in [3.63, 3.8) is 0 Å². The summed E-state index contributed by atoms with van der Waals surface area (Å²) in [7, 11) is 0. The summed E-state index contributed by atoms with van der Waals surface area (Å²) in [4.78, 5) is 24.0. The standard InChI is InChI=1S/C23H27N3OS2/c1-14-5-8-16(9-6-14)26-19(27)12-28-21-20-17-10-7-15(23(2,3)4)11-18(17)29-22(20)25-13-24-21/h5-6,8-9,13,15H,7,10-12H2,1-4H3,(H,26,27)/t15-/m0/s1. The first-order chi connectivity index (χ1) is 13.8. The molecule has 1 aromatic carbocycles. The van der Waals surface area contributed by atoms with Crippen molar-refractivity contribution in [1.29, 1.82) is 0 Å². The van der Waals surface area contributed by atoms with Crippen LogP contribution in [0.2, 0.25) is 0 Å². The van der Waals surface area contributed by atoms with Crippen LogP contribution in [0.15, 0.2) is 35.6 Å². The molecule has 0 aliphatic heterocycles. The molecule has 4 nitrogen and oxygen atoms in total. The van der Waals surface area contributed by atoms with Crippen molar-refractivity contribution in [3.8, 4) is 0 Å². The quantitative estimate of drug-likeness (QED) is 0.419. The van der Waals surface area contributed by atoms with Gasteiger partial charge in [-0.05, 0) is 55.2 Å². The van der Waals surface area contributed by atoms with Gasteiger partial charge in [0.05, 0.1) is 5.75 Å². The second-order valence-corrected chi connectivity index (χ2v) is 10.9. The number of nitrogens with one attached hydrogen (secondary N) is 1. The van der Waals surface area contributed by atoms with E-state index in [2.05, 4.69) is 36.1 Å².